The molecule has 0 unspecified atom stereocenters. The van der Waals surface area contributed by atoms with Gasteiger partial charge in [0.15, 0.2) is 5.82 Å². The third kappa shape index (κ3) is 1.99. The molecule has 1 aliphatic rings. The van der Waals surface area contributed by atoms with Crippen LogP contribution in [0.3, 0.4) is 0 Å². The number of hydrogen-bond acceptors (Lipinski definition) is 4. The maximum absolute atomic E-state index is 4.84. The van der Waals surface area contributed by atoms with Gasteiger partial charge in [-0.2, -0.15) is 5.10 Å². The summed E-state index contributed by atoms with van der Waals surface area (Å²) >= 11 is 1.86. The van der Waals surface area contributed by atoms with Crippen LogP contribution in [-0.2, 0) is 19.3 Å². The second kappa shape index (κ2) is 5.16. The maximum atomic E-state index is 4.84. The fourth-order valence-electron chi connectivity index (χ4n) is 3.20. The summed E-state index contributed by atoms with van der Waals surface area (Å²) in [5.41, 5.74) is 3.84. The highest BCUT2D eigenvalue weighted by Crippen LogP contribution is 2.38. The topological polar surface area (TPSA) is 43.6 Å². The lowest BCUT2D eigenvalue weighted by Crippen LogP contribution is -2.08. The Balaban J connectivity index is 2.07. The normalized spacial score (nSPS) is 14.5. The first-order valence-electron chi connectivity index (χ1n) is 8.01. The van der Waals surface area contributed by atoms with Gasteiger partial charge in [0.25, 0.3) is 0 Å². The van der Waals surface area contributed by atoms with E-state index in [9.17, 15) is 0 Å². The number of rotatable bonds is 2. The zero-order valence-electron chi connectivity index (χ0n) is 13.3. The van der Waals surface area contributed by atoms with Crippen LogP contribution in [0, 0.1) is 13.8 Å². The Hall–Kier alpha value is -1.75. The van der Waals surface area contributed by atoms with Crippen molar-refractivity contribution in [3.05, 3.63) is 33.7 Å². The van der Waals surface area contributed by atoms with E-state index in [4.69, 9.17) is 9.97 Å². The number of nitrogens with zero attached hydrogens (tertiary/aromatic N) is 4. The van der Waals surface area contributed by atoms with Crippen molar-refractivity contribution in [1.29, 1.82) is 0 Å². The highest BCUT2D eigenvalue weighted by molar-refractivity contribution is 7.18. The lowest BCUT2D eigenvalue weighted by atomic mass is 9.97. The van der Waals surface area contributed by atoms with Gasteiger partial charge in [0, 0.05) is 17.0 Å². The summed E-state index contributed by atoms with van der Waals surface area (Å²) in [5, 5.41) is 5.81. The van der Waals surface area contributed by atoms with E-state index < -0.39 is 0 Å². The van der Waals surface area contributed by atoms with Gasteiger partial charge in [-0.3, -0.25) is 0 Å². The fourth-order valence-corrected chi connectivity index (χ4v) is 4.47. The van der Waals surface area contributed by atoms with Crippen LogP contribution in [0.5, 0.6) is 0 Å². The molecule has 114 valence electrons. The minimum Gasteiger partial charge on any atom is -0.222 e. The van der Waals surface area contributed by atoms with Crippen molar-refractivity contribution in [1.82, 2.24) is 19.7 Å². The van der Waals surface area contributed by atoms with Crippen LogP contribution in [-0.4, -0.2) is 19.7 Å². The summed E-state index contributed by atoms with van der Waals surface area (Å²) in [5.74, 6) is 1.89. The highest BCUT2D eigenvalue weighted by Gasteiger charge is 2.22. The quantitative estimate of drug-likeness (QED) is 0.720. The van der Waals surface area contributed by atoms with Gasteiger partial charge in [-0.05, 0) is 50.7 Å². The van der Waals surface area contributed by atoms with Gasteiger partial charge in [0.2, 0.25) is 0 Å². The maximum Gasteiger partial charge on any atom is 0.166 e. The molecule has 1 aliphatic carbocycles. The van der Waals surface area contributed by atoms with Crippen molar-refractivity contribution >= 4 is 21.6 Å². The van der Waals surface area contributed by atoms with E-state index in [0.717, 1.165) is 35.0 Å². The second-order valence-electron chi connectivity index (χ2n) is 6.03. The average molecular weight is 312 g/mol. The van der Waals surface area contributed by atoms with Crippen LogP contribution < -0.4 is 0 Å². The van der Waals surface area contributed by atoms with E-state index in [1.54, 1.807) is 0 Å². The van der Waals surface area contributed by atoms with Crippen molar-refractivity contribution < 1.29 is 0 Å². The second-order valence-corrected chi connectivity index (χ2v) is 7.12. The van der Waals surface area contributed by atoms with Crippen LogP contribution in [0.2, 0.25) is 0 Å². The lowest BCUT2D eigenvalue weighted by Gasteiger charge is -2.13. The Bertz CT molecular complexity index is 859. The van der Waals surface area contributed by atoms with Crippen molar-refractivity contribution in [2.45, 2.75) is 52.9 Å². The molecule has 5 heteroatoms. The summed E-state index contributed by atoms with van der Waals surface area (Å²) in [4.78, 5) is 12.3. The number of aromatic nitrogens is 4. The monoisotopic (exact) mass is 312 g/mol. The van der Waals surface area contributed by atoms with Gasteiger partial charge in [-0.15, -0.1) is 11.3 Å². The van der Waals surface area contributed by atoms with Gasteiger partial charge < -0.3 is 0 Å². The summed E-state index contributed by atoms with van der Waals surface area (Å²) in [6.07, 6.45) is 7.68. The standard InChI is InChI=1S/C17H20N4S/c1-4-14-19-16(21-11(3)10(2)9-18-21)15-12-7-5-6-8-13(12)22-17(15)20-14/h9H,4-8H2,1-3H3. The van der Waals surface area contributed by atoms with Crippen molar-refractivity contribution in [2.24, 2.45) is 0 Å². The van der Waals surface area contributed by atoms with E-state index in [1.165, 1.54) is 40.7 Å². The molecule has 0 saturated carbocycles. The number of hydrogen-bond donors (Lipinski definition) is 0. The van der Waals surface area contributed by atoms with E-state index >= 15 is 0 Å². The first-order chi connectivity index (χ1) is 10.7. The van der Waals surface area contributed by atoms with Crippen LogP contribution in [0.25, 0.3) is 16.0 Å². The van der Waals surface area contributed by atoms with Gasteiger partial charge in [-0.1, -0.05) is 6.92 Å². The molecule has 0 N–H and O–H groups in total. The molecule has 0 aliphatic heterocycles. The Kier molecular flexibility index (Phi) is 3.26. The van der Waals surface area contributed by atoms with Crippen LogP contribution in [0.1, 0.15) is 47.3 Å². The number of thiophene rings is 1. The predicted octanol–water partition coefficient (Wildman–Crippen LogP) is 3.94. The van der Waals surface area contributed by atoms with Crippen molar-refractivity contribution in [2.75, 3.05) is 0 Å². The van der Waals surface area contributed by atoms with Crippen LogP contribution in [0.15, 0.2) is 6.20 Å². The third-order valence-electron chi connectivity index (χ3n) is 4.61. The third-order valence-corrected chi connectivity index (χ3v) is 5.80. The molecule has 4 rings (SSSR count). The molecule has 3 aromatic rings. The molecule has 22 heavy (non-hydrogen) atoms. The molecule has 0 fully saturated rings. The smallest absolute Gasteiger partial charge is 0.166 e. The summed E-state index contributed by atoms with van der Waals surface area (Å²) in [6, 6.07) is 0. The molecule has 3 heterocycles. The van der Waals surface area contributed by atoms with Gasteiger partial charge in [0.1, 0.15) is 10.7 Å². The Morgan fingerprint density at radius 2 is 2.00 bits per heavy atom. The van der Waals surface area contributed by atoms with E-state index in [0.29, 0.717) is 0 Å². The Labute approximate surface area is 134 Å². The zero-order valence-corrected chi connectivity index (χ0v) is 14.1. The molecule has 0 saturated heterocycles. The first-order valence-corrected chi connectivity index (χ1v) is 8.83. The van der Waals surface area contributed by atoms with Crippen LogP contribution >= 0.6 is 11.3 Å². The van der Waals surface area contributed by atoms with E-state index in [1.807, 2.05) is 22.2 Å². The first kappa shape index (κ1) is 13.9. The number of fused-ring (bicyclic) bond motifs is 3. The molecule has 0 atom stereocenters. The Morgan fingerprint density at radius 3 is 2.73 bits per heavy atom. The van der Waals surface area contributed by atoms with Gasteiger partial charge >= 0.3 is 0 Å². The van der Waals surface area contributed by atoms with Crippen molar-refractivity contribution in [3.63, 3.8) is 0 Å². The summed E-state index contributed by atoms with van der Waals surface area (Å²) in [7, 11) is 0. The zero-order chi connectivity index (χ0) is 15.3. The SMILES string of the molecule is CCc1nc(-n2ncc(C)c2C)c2c3c(sc2n1)CCCC3. The minimum atomic E-state index is 0.852. The molecule has 0 amide bonds. The fraction of sp³-hybridized carbons (Fsp3) is 0.471. The van der Waals surface area contributed by atoms with E-state index in [-0.39, 0.29) is 0 Å². The van der Waals surface area contributed by atoms with E-state index in [2.05, 4.69) is 25.9 Å². The summed E-state index contributed by atoms with van der Waals surface area (Å²) in [6.45, 7) is 6.32. The molecular weight excluding hydrogens is 292 g/mol. The highest BCUT2D eigenvalue weighted by atomic mass is 32.1. The molecule has 0 spiro atoms. The molecule has 0 bridgehead atoms. The molecule has 3 aromatic heterocycles. The lowest BCUT2D eigenvalue weighted by molar-refractivity contribution is 0.699. The average Bonchev–Trinajstić information content (AvgIpc) is 3.07. The molecule has 0 radical (unpaired) electrons. The Morgan fingerprint density at radius 1 is 1.18 bits per heavy atom. The van der Waals surface area contributed by atoms with Gasteiger partial charge in [-0.25, -0.2) is 14.6 Å². The van der Waals surface area contributed by atoms with Crippen LogP contribution in [0.4, 0.5) is 0 Å². The minimum absolute atomic E-state index is 0.852. The molecular formula is C17H20N4S. The largest absolute Gasteiger partial charge is 0.222 e. The molecule has 0 aromatic carbocycles. The van der Waals surface area contributed by atoms with Gasteiger partial charge in [0.05, 0.1) is 11.6 Å². The predicted molar refractivity (Wildman–Crippen MR) is 90.0 cm³/mol. The summed E-state index contributed by atoms with van der Waals surface area (Å²) < 4.78 is 2.00. The number of aryl methyl sites for hydroxylation is 4. The van der Waals surface area contributed by atoms with Crippen molar-refractivity contribution in [3.8, 4) is 5.82 Å². The molecule has 4 nitrogen and oxygen atoms in total.